The smallest absolute Gasteiger partial charge is 0.123 e. The van der Waals surface area contributed by atoms with Crippen LogP contribution >= 0.6 is 22.6 Å². The second kappa shape index (κ2) is 6.14. The molecular weight excluding hydrogens is 361 g/mol. The monoisotopic (exact) mass is 379 g/mol. The number of rotatable bonds is 3. The van der Waals surface area contributed by atoms with Gasteiger partial charge in [-0.25, -0.2) is 0 Å². The molecule has 2 nitrogen and oxygen atoms in total. The van der Waals surface area contributed by atoms with Gasteiger partial charge in [-0.1, -0.05) is 24.3 Å². The maximum absolute atomic E-state index is 6.18. The summed E-state index contributed by atoms with van der Waals surface area (Å²) < 4.78 is 7.27. The van der Waals surface area contributed by atoms with Crippen LogP contribution in [0, 0.1) is 3.57 Å². The number of nitrogens with two attached hydrogens (primary N) is 1. The van der Waals surface area contributed by atoms with Crippen molar-refractivity contribution in [2.75, 3.05) is 0 Å². The van der Waals surface area contributed by atoms with Crippen LogP contribution in [0.15, 0.2) is 42.5 Å². The summed E-state index contributed by atoms with van der Waals surface area (Å²) in [6, 6.07) is 14.9. The molecule has 0 amide bonds. The highest BCUT2D eigenvalue weighted by Gasteiger charge is 2.19. The Labute approximate surface area is 133 Å². The van der Waals surface area contributed by atoms with Crippen LogP contribution in [-0.2, 0) is 13.0 Å². The summed E-state index contributed by atoms with van der Waals surface area (Å²) in [6.45, 7) is 0.614. The van der Waals surface area contributed by atoms with E-state index in [0.717, 1.165) is 25.0 Å². The average molecular weight is 379 g/mol. The van der Waals surface area contributed by atoms with Crippen molar-refractivity contribution in [1.82, 2.24) is 0 Å². The third-order valence-electron chi connectivity index (χ3n) is 3.82. The Morgan fingerprint density at radius 2 is 1.95 bits per heavy atom. The van der Waals surface area contributed by atoms with Crippen LogP contribution in [0.25, 0.3) is 0 Å². The molecular formula is C17H18INO. The number of fused-ring (bicyclic) bond motifs is 1. The Morgan fingerprint density at radius 1 is 1.15 bits per heavy atom. The van der Waals surface area contributed by atoms with E-state index in [1.165, 1.54) is 20.3 Å². The molecule has 104 valence electrons. The summed E-state index contributed by atoms with van der Waals surface area (Å²) in [5, 5.41) is 0. The summed E-state index contributed by atoms with van der Waals surface area (Å²) in [7, 11) is 0. The minimum atomic E-state index is 0.167. The topological polar surface area (TPSA) is 35.2 Å². The molecule has 3 rings (SSSR count). The quantitative estimate of drug-likeness (QED) is 0.812. The van der Waals surface area contributed by atoms with Crippen molar-refractivity contribution in [2.24, 2.45) is 5.73 Å². The summed E-state index contributed by atoms with van der Waals surface area (Å²) in [5.41, 5.74) is 9.94. The van der Waals surface area contributed by atoms with Gasteiger partial charge in [-0.15, -0.1) is 0 Å². The molecule has 0 spiro atoms. The van der Waals surface area contributed by atoms with Crippen molar-refractivity contribution in [1.29, 1.82) is 0 Å². The maximum Gasteiger partial charge on any atom is 0.123 e. The Balaban J connectivity index is 1.78. The van der Waals surface area contributed by atoms with Crippen molar-refractivity contribution in [3.63, 3.8) is 0 Å². The van der Waals surface area contributed by atoms with Gasteiger partial charge in [0.15, 0.2) is 0 Å². The van der Waals surface area contributed by atoms with Crippen LogP contribution in [0.2, 0.25) is 0 Å². The van der Waals surface area contributed by atoms with Crippen LogP contribution < -0.4 is 10.5 Å². The lowest BCUT2D eigenvalue weighted by Gasteiger charge is -2.24. The molecule has 0 heterocycles. The zero-order chi connectivity index (χ0) is 13.9. The molecule has 3 heteroatoms. The van der Waals surface area contributed by atoms with Crippen molar-refractivity contribution in [3.05, 3.63) is 62.7 Å². The van der Waals surface area contributed by atoms with E-state index in [1.807, 2.05) is 6.07 Å². The largest absolute Gasteiger partial charge is 0.489 e. The Morgan fingerprint density at radius 3 is 2.75 bits per heavy atom. The molecule has 0 radical (unpaired) electrons. The van der Waals surface area contributed by atoms with Gasteiger partial charge >= 0.3 is 0 Å². The molecule has 0 aliphatic heterocycles. The standard InChI is InChI=1S/C17H18INO/c18-13-9-7-12(8-10-13)11-20-17-6-2-3-14-15(17)4-1-5-16(14)19/h2-3,6-10,16H,1,4-5,11,19H2. The van der Waals surface area contributed by atoms with Crippen LogP contribution in [0.5, 0.6) is 5.75 Å². The van der Waals surface area contributed by atoms with Crippen LogP contribution in [0.1, 0.15) is 35.6 Å². The van der Waals surface area contributed by atoms with Crippen LogP contribution in [-0.4, -0.2) is 0 Å². The van der Waals surface area contributed by atoms with Gasteiger partial charge in [0.25, 0.3) is 0 Å². The molecule has 0 bridgehead atoms. The van der Waals surface area contributed by atoms with Crippen molar-refractivity contribution in [2.45, 2.75) is 31.9 Å². The highest BCUT2D eigenvalue weighted by Crippen LogP contribution is 2.34. The average Bonchev–Trinajstić information content (AvgIpc) is 2.47. The predicted octanol–water partition coefficient (Wildman–Crippen LogP) is 4.21. The third kappa shape index (κ3) is 2.99. The maximum atomic E-state index is 6.18. The van der Waals surface area contributed by atoms with E-state index in [9.17, 15) is 0 Å². The van der Waals surface area contributed by atoms with Crippen molar-refractivity contribution >= 4 is 22.6 Å². The van der Waals surface area contributed by atoms with Crippen molar-refractivity contribution in [3.8, 4) is 5.75 Å². The van der Waals surface area contributed by atoms with Gasteiger partial charge in [-0.3, -0.25) is 0 Å². The van der Waals surface area contributed by atoms with E-state index < -0.39 is 0 Å². The van der Waals surface area contributed by atoms with Gasteiger partial charge in [0.2, 0.25) is 0 Å². The van der Waals surface area contributed by atoms with Gasteiger partial charge in [0.05, 0.1) is 0 Å². The number of ether oxygens (including phenoxy) is 1. The lowest BCUT2D eigenvalue weighted by molar-refractivity contribution is 0.300. The third-order valence-corrected chi connectivity index (χ3v) is 4.54. The molecule has 0 fully saturated rings. The summed E-state index contributed by atoms with van der Waals surface area (Å²) in [4.78, 5) is 0. The summed E-state index contributed by atoms with van der Waals surface area (Å²) in [5.74, 6) is 0.996. The molecule has 2 N–H and O–H groups in total. The van der Waals surface area contributed by atoms with Crippen LogP contribution in [0.3, 0.4) is 0 Å². The second-order valence-corrected chi connectivity index (χ2v) is 6.48. The molecule has 20 heavy (non-hydrogen) atoms. The first kappa shape index (κ1) is 13.9. The summed E-state index contributed by atoms with van der Waals surface area (Å²) >= 11 is 2.31. The second-order valence-electron chi connectivity index (χ2n) is 5.24. The van der Waals surface area contributed by atoms with Gasteiger partial charge in [-0.2, -0.15) is 0 Å². The lowest BCUT2D eigenvalue weighted by atomic mass is 9.87. The van der Waals surface area contributed by atoms with Crippen molar-refractivity contribution < 1.29 is 4.74 Å². The zero-order valence-corrected chi connectivity index (χ0v) is 13.5. The molecule has 2 aromatic carbocycles. The van der Waals surface area contributed by atoms with E-state index in [0.29, 0.717) is 6.61 Å². The number of hydrogen-bond acceptors (Lipinski definition) is 2. The lowest BCUT2D eigenvalue weighted by Crippen LogP contribution is -2.18. The number of benzene rings is 2. The molecule has 1 atom stereocenters. The van der Waals surface area contributed by atoms with Crippen LogP contribution in [0.4, 0.5) is 0 Å². The fraction of sp³-hybridized carbons (Fsp3) is 0.294. The number of halogens is 1. The first-order valence-corrected chi connectivity index (χ1v) is 8.06. The highest BCUT2D eigenvalue weighted by molar-refractivity contribution is 14.1. The van der Waals surface area contributed by atoms with E-state index in [4.69, 9.17) is 10.5 Å². The molecule has 2 aromatic rings. The molecule has 0 saturated carbocycles. The van der Waals surface area contributed by atoms with Gasteiger partial charge < -0.3 is 10.5 Å². The van der Waals surface area contributed by atoms with E-state index in [2.05, 4.69) is 59.0 Å². The fourth-order valence-corrected chi connectivity index (χ4v) is 3.09. The summed E-state index contributed by atoms with van der Waals surface area (Å²) in [6.07, 6.45) is 3.30. The molecule has 1 aliphatic rings. The number of hydrogen-bond donors (Lipinski definition) is 1. The van der Waals surface area contributed by atoms with Gasteiger partial charge in [-0.05, 0) is 76.7 Å². The zero-order valence-electron chi connectivity index (χ0n) is 11.3. The van der Waals surface area contributed by atoms with E-state index in [1.54, 1.807) is 0 Å². The first-order valence-electron chi connectivity index (χ1n) is 6.98. The molecule has 0 saturated heterocycles. The minimum absolute atomic E-state index is 0.167. The minimum Gasteiger partial charge on any atom is -0.489 e. The molecule has 1 unspecified atom stereocenters. The molecule has 1 aliphatic carbocycles. The first-order chi connectivity index (χ1) is 9.74. The fourth-order valence-electron chi connectivity index (χ4n) is 2.73. The Hall–Kier alpha value is -1.07. The van der Waals surface area contributed by atoms with Gasteiger partial charge in [0.1, 0.15) is 12.4 Å². The van der Waals surface area contributed by atoms with E-state index in [-0.39, 0.29) is 6.04 Å². The Bertz CT molecular complexity index is 594. The van der Waals surface area contributed by atoms with Gasteiger partial charge in [0, 0.05) is 9.61 Å². The normalized spacial score (nSPS) is 17.6. The Kier molecular flexibility index (Phi) is 4.27. The highest BCUT2D eigenvalue weighted by atomic mass is 127. The predicted molar refractivity (Wildman–Crippen MR) is 89.8 cm³/mol. The van der Waals surface area contributed by atoms with E-state index >= 15 is 0 Å². The SMILES string of the molecule is NC1CCCc2c(OCc3ccc(I)cc3)cccc21. The molecule has 0 aromatic heterocycles.